The first-order valence-corrected chi connectivity index (χ1v) is 11.9. The molecule has 0 aromatic heterocycles. The lowest BCUT2D eigenvalue weighted by molar-refractivity contribution is -0.187. The maximum atomic E-state index is 12.1. The summed E-state index contributed by atoms with van der Waals surface area (Å²) in [5, 5.41) is 0. The van der Waals surface area contributed by atoms with Crippen molar-refractivity contribution in [3.8, 4) is 0 Å². The van der Waals surface area contributed by atoms with Gasteiger partial charge in [0.25, 0.3) is 0 Å². The van der Waals surface area contributed by atoms with E-state index in [0.717, 1.165) is 37.5 Å². The Kier molecular flexibility index (Phi) is 9.89. The maximum absolute atomic E-state index is 12.1. The largest absolute Gasteiger partial charge is 0.463 e. The van der Waals surface area contributed by atoms with E-state index in [4.69, 9.17) is 4.74 Å². The zero-order valence-corrected chi connectivity index (χ0v) is 19.4. The second kappa shape index (κ2) is 13.3. The summed E-state index contributed by atoms with van der Waals surface area (Å²) in [7, 11) is 0. The quantitative estimate of drug-likeness (QED) is 0.144. The molecule has 0 radical (unpaired) electrons. The van der Waals surface area contributed by atoms with Gasteiger partial charge in [0.05, 0.1) is 17.7 Å². The molecule has 0 N–H and O–H groups in total. The van der Waals surface area contributed by atoms with E-state index in [0.29, 0.717) is 17.7 Å². The zero-order valence-electron chi connectivity index (χ0n) is 19.4. The summed E-state index contributed by atoms with van der Waals surface area (Å²) in [5.74, 6) is -0.318. The van der Waals surface area contributed by atoms with Crippen molar-refractivity contribution in [1.29, 1.82) is 0 Å². The van der Waals surface area contributed by atoms with Gasteiger partial charge in [-0.15, -0.1) is 0 Å². The van der Waals surface area contributed by atoms with E-state index in [2.05, 4.69) is 16.4 Å². The minimum absolute atomic E-state index is 0.314. The Morgan fingerprint density at radius 3 is 1.94 bits per heavy atom. The standard InChI is InChI=1S/C28H32O6/c1-2-26(29)32-20-6-7-21-10-12-22(13-11-21)14-15-23-16-18-25(19-17-23)28(31)34-33-27(30)24-8-4-3-5-9-24/h2-5,8-9,16-19,21-22H,1,6-7,10-15,20H2. The lowest BCUT2D eigenvalue weighted by atomic mass is 9.78. The average molecular weight is 465 g/mol. The summed E-state index contributed by atoms with van der Waals surface area (Å²) in [5.41, 5.74) is 1.82. The smallest absolute Gasteiger partial charge is 0.386 e. The number of carbonyl (C=O) groups is 3. The molecule has 1 aliphatic carbocycles. The Labute approximate surface area is 200 Å². The predicted molar refractivity (Wildman–Crippen MR) is 128 cm³/mol. The van der Waals surface area contributed by atoms with Gasteiger partial charge in [0.15, 0.2) is 0 Å². The lowest BCUT2D eigenvalue weighted by Gasteiger charge is -2.28. The first-order chi connectivity index (χ1) is 16.5. The minimum Gasteiger partial charge on any atom is -0.463 e. The van der Waals surface area contributed by atoms with E-state index in [1.54, 1.807) is 42.5 Å². The number of hydrogen-bond donors (Lipinski definition) is 0. The highest BCUT2D eigenvalue weighted by molar-refractivity contribution is 5.92. The first kappa shape index (κ1) is 25.2. The van der Waals surface area contributed by atoms with Gasteiger partial charge in [0.1, 0.15) is 0 Å². The van der Waals surface area contributed by atoms with Crippen LogP contribution < -0.4 is 0 Å². The van der Waals surface area contributed by atoms with Crippen LogP contribution in [0.5, 0.6) is 0 Å². The highest BCUT2D eigenvalue weighted by Gasteiger charge is 2.21. The molecule has 0 spiro atoms. The van der Waals surface area contributed by atoms with Crippen LogP contribution in [-0.2, 0) is 25.7 Å². The summed E-state index contributed by atoms with van der Waals surface area (Å²) >= 11 is 0. The van der Waals surface area contributed by atoms with Gasteiger partial charge in [-0.3, -0.25) is 0 Å². The van der Waals surface area contributed by atoms with Gasteiger partial charge >= 0.3 is 17.9 Å². The number of esters is 1. The first-order valence-electron chi connectivity index (χ1n) is 11.9. The molecule has 3 rings (SSSR count). The molecule has 0 bridgehead atoms. The fraction of sp³-hybridized carbons (Fsp3) is 0.393. The van der Waals surface area contributed by atoms with Gasteiger partial charge in [-0.1, -0.05) is 62.6 Å². The molecule has 2 aromatic carbocycles. The van der Waals surface area contributed by atoms with Crippen molar-refractivity contribution in [3.05, 3.63) is 83.9 Å². The van der Waals surface area contributed by atoms with Gasteiger partial charge in [-0.05, 0) is 67.3 Å². The molecule has 0 atom stereocenters. The summed E-state index contributed by atoms with van der Waals surface area (Å²) in [6.07, 6.45) is 10.2. The van der Waals surface area contributed by atoms with Crippen LogP contribution in [0.25, 0.3) is 0 Å². The van der Waals surface area contributed by atoms with Crippen molar-refractivity contribution in [3.63, 3.8) is 0 Å². The monoisotopic (exact) mass is 464 g/mol. The molecule has 1 saturated carbocycles. The van der Waals surface area contributed by atoms with Gasteiger partial charge < -0.3 is 4.74 Å². The molecule has 0 amide bonds. The number of aryl methyl sites for hydroxylation is 1. The minimum atomic E-state index is -0.712. The number of hydrogen-bond acceptors (Lipinski definition) is 6. The Morgan fingerprint density at radius 1 is 0.794 bits per heavy atom. The summed E-state index contributed by atoms with van der Waals surface area (Å²) in [6.45, 7) is 3.88. The van der Waals surface area contributed by atoms with E-state index >= 15 is 0 Å². The van der Waals surface area contributed by atoms with E-state index in [1.165, 1.54) is 37.3 Å². The molecule has 0 saturated heterocycles. The van der Waals surface area contributed by atoms with Gasteiger partial charge in [0.2, 0.25) is 0 Å². The Morgan fingerprint density at radius 2 is 1.35 bits per heavy atom. The van der Waals surface area contributed by atoms with Crippen molar-refractivity contribution in [2.24, 2.45) is 11.8 Å². The second-order valence-electron chi connectivity index (χ2n) is 8.74. The van der Waals surface area contributed by atoms with Crippen molar-refractivity contribution in [1.82, 2.24) is 0 Å². The molecular formula is C28H32O6. The molecule has 34 heavy (non-hydrogen) atoms. The van der Waals surface area contributed by atoms with Crippen LogP contribution in [0.2, 0.25) is 0 Å². The predicted octanol–water partition coefficient (Wildman–Crippen LogP) is 5.86. The fourth-order valence-corrected chi connectivity index (χ4v) is 4.34. The number of carbonyl (C=O) groups excluding carboxylic acids is 3. The molecule has 0 heterocycles. The molecule has 180 valence electrons. The Balaban J connectivity index is 1.33. The van der Waals surface area contributed by atoms with E-state index in [-0.39, 0.29) is 5.97 Å². The normalized spacial score (nSPS) is 17.4. The summed E-state index contributed by atoms with van der Waals surface area (Å²) < 4.78 is 5.05. The molecule has 1 aliphatic rings. The van der Waals surface area contributed by atoms with Crippen molar-refractivity contribution in [2.75, 3.05) is 6.61 Å². The average Bonchev–Trinajstić information content (AvgIpc) is 2.89. The maximum Gasteiger partial charge on any atom is 0.386 e. The van der Waals surface area contributed by atoms with Gasteiger partial charge in [-0.25, -0.2) is 24.2 Å². The summed E-state index contributed by atoms with van der Waals surface area (Å²) in [6, 6.07) is 15.6. The fourth-order valence-electron chi connectivity index (χ4n) is 4.34. The van der Waals surface area contributed by atoms with Crippen LogP contribution in [0.1, 0.15) is 71.2 Å². The van der Waals surface area contributed by atoms with Gasteiger partial charge in [0, 0.05) is 6.08 Å². The van der Waals surface area contributed by atoms with Crippen LogP contribution in [0.3, 0.4) is 0 Å². The third-order valence-electron chi connectivity index (χ3n) is 6.37. The molecule has 6 heteroatoms. The van der Waals surface area contributed by atoms with Gasteiger partial charge in [-0.2, -0.15) is 0 Å². The van der Waals surface area contributed by atoms with E-state index in [9.17, 15) is 14.4 Å². The van der Waals surface area contributed by atoms with Crippen LogP contribution in [0.4, 0.5) is 0 Å². The number of benzene rings is 2. The SMILES string of the molecule is C=CC(=O)OCCCC1CCC(CCc2ccc(C(=O)OOC(=O)c3ccccc3)cc2)CC1. The molecular weight excluding hydrogens is 432 g/mol. The zero-order chi connectivity index (χ0) is 24.2. The van der Waals surface area contributed by atoms with E-state index in [1.807, 2.05) is 12.1 Å². The van der Waals surface area contributed by atoms with Crippen LogP contribution >= 0.6 is 0 Å². The Bertz CT molecular complexity index is 943. The summed E-state index contributed by atoms with van der Waals surface area (Å²) in [4.78, 5) is 44.4. The highest BCUT2D eigenvalue weighted by atomic mass is 17.2. The van der Waals surface area contributed by atoms with Crippen LogP contribution in [-0.4, -0.2) is 24.5 Å². The molecule has 0 aliphatic heterocycles. The number of rotatable bonds is 10. The lowest BCUT2D eigenvalue weighted by Crippen LogP contribution is -2.16. The molecule has 6 nitrogen and oxygen atoms in total. The third kappa shape index (κ3) is 8.18. The number of ether oxygens (including phenoxy) is 1. The van der Waals surface area contributed by atoms with Crippen LogP contribution in [0, 0.1) is 11.8 Å². The van der Waals surface area contributed by atoms with Crippen molar-refractivity contribution < 1.29 is 28.9 Å². The molecule has 2 aromatic rings. The Hall–Kier alpha value is -3.41. The topological polar surface area (TPSA) is 78.9 Å². The van der Waals surface area contributed by atoms with Crippen molar-refractivity contribution >= 4 is 17.9 Å². The molecule has 0 unspecified atom stereocenters. The third-order valence-corrected chi connectivity index (χ3v) is 6.37. The van der Waals surface area contributed by atoms with Crippen molar-refractivity contribution in [2.45, 2.75) is 51.4 Å². The second-order valence-corrected chi connectivity index (χ2v) is 8.74. The van der Waals surface area contributed by atoms with Crippen LogP contribution in [0.15, 0.2) is 67.3 Å². The highest BCUT2D eigenvalue weighted by Crippen LogP contribution is 2.34. The van der Waals surface area contributed by atoms with E-state index < -0.39 is 11.9 Å². The molecule has 1 fully saturated rings.